The standard InChI is InChI=1S/C21H21N3O4S/c1-15-2-6-17(7-3-15)24-20(26)13-29-14-21(27)28-12-19(25)23-18-8-4-16(5-9-18)10-11-22/h2-9H,10,12-14H2,1H3,(H,23,25)(H,24,26). The minimum absolute atomic E-state index is 0.0303. The van der Waals surface area contributed by atoms with Crippen LogP contribution in [0.5, 0.6) is 0 Å². The number of hydrogen-bond acceptors (Lipinski definition) is 6. The van der Waals surface area contributed by atoms with Crippen molar-refractivity contribution in [1.82, 2.24) is 0 Å². The molecule has 0 saturated carbocycles. The molecule has 29 heavy (non-hydrogen) atoms. The number of hydrogen-bond donors (Lipinski definition) is 2. The lowest BCUT2D eigenvalue weighted by molar-refractivity contribution is -0.144. The van der Waals surface area contributed by atoms with Crippen LogP contribution in [0, 0.1) is 18.3 Å². The normalized spacial score (nSPS) is 9.93. The predicted molar refractivity (Wildman–Crippen MR) is 112 cm³/mol. The molecule has 0 aromatic heterocycles. The summed E-state index contributed by atoms with van der Waals surface area (Å²) in [6, 6.07) is 16.3. The third kappa shape index (κ3) is 8.49. The Morgan fingerprint density at radius 2 is 1.52 bits per heavy atom. The lowest BCUT2D eigenvalue weighted by Crippen LogP contribution is -2.22. The molecule has 0 heterocycles. The maximum atomic E-state index is 11.8. The molecule has 0 unspecified atom stereocenters. The molecular weight excluding hydrogens is 390 g/mol. The van der Waals surface area contributed by atoms with E-state index in [1.54, 1.807) is 24.3 Å². The van der Waals surface area contributed by atoms with E-state index < -0.39 is 18.5 Å². The Morgan fingerprint density at radius 3 is 2.14 bits per heavy atom. The monoisotopic (exact) mass is 411 g/mol. The van der Waals surface area contributed by atoms with Crippen molar-refractivity contribution >= 4 is 40.9 Å². The number of carbonyl (C=O) groups excluding carboxylic acids is 3. The van der Waals surface area contributed by atoms with E-state index in [0.717, 1.165) is 22.9 Å². The number of thioether (sulfide) groups is 1. The van der Waals surface area contributed by atoms with Gasteiger partial charge in [0.1, 0.15) is 0 Å². The summed E-state index contributed by atoms with van der Waals surface area (Å²) in [5.74, 6) is -1.18. The van der Waals surface area contributed by atoms with Crippen LogP contribution < -0.4 is 10.6 Å². The summed E-state index contributed by atoms with van der Waals surface area (Å²) < 4.78 is 4.91. The van der Waals surface area contributed by atoms with Gasteiger partial charge in [-0.1, -0.05) is 29.8 Å². The third-order valence-electron chi connectivity index (χ3n) is 3.67. The predicted octanol–water partition coefficient (Wildman–Crippen LogP) is 2.91. The quantitative estimate of drug-likeness (QED) is 0.614. The Kier molecular flexibility index (Phi) is 8.73. The van der Waals surface area contributed by atoms with E-state index in [-0.39, 0.29) is 17.4 Å². The molecule has 0 atom stereocenters. The Bertz CT molecular complexity index is 890. The van der Waals surface area contributed by atoms with E-state index in [0.29, 0.717) is 17.8 Å². The first-order valence-corrected chi connectivity index (χ1v) is 9.97. The van der Waals surface area contributed by atoms with Crippen LogP contribution in [0.1, 0.15) is 11.1 Å². The summed E-state index contributed by atoms with van der Waals surface area (Å²) in [5.41, 5.74) is 3.19. The second-order valence-electron chi connectivity index (χ2n) is 6.15. The molecule has 2 amide bonds. The first kappa shape index (κ1) is 22.0. The van der Waals surface area contributed by atoms with Gasteiger partial charge in [-0.2, -0.15) is 5.26 Å². The average molecular weight is 411 g/mol. The number of amides is 2. The Hall–Kier alpha value is -3.31. The number of nitrogens with zero attached hydrogens (tertiary/aromatic N) is 1. The number of nitrogens with one attached hydrogen (secondary N) is 2. The number of nitriles is 1. The van der Waals surface area contributed by atoms with Crippen LogP contribution in [-0.2, 0) is 25.5 Å². The summed E-state index contributed by atoms with van der Waals surface area (Å²) in [7, 11) is 0. The van der Waals surface area contributed by atoms with Gasteiger partial charge in [-0.15, -0.1) is 11.8 Å². The summed E-state index contributed by atoms with van der Waals surface area (Å²) >= 11 is 1.11. The second-order valence-corrected chi connectivity index (χ2v) is 7.13. The fourth-order valence-corrected chi connectivity index (χ4v) is 2.85. The van der Waals surface area contributed by atoms with Crippen molar-refractivity contribution in [3.63, 3.8) is 0 Å². The lowest BCUT2D eigenvalue weighted by atomic mass is 10.1. The molecule has 150 valence electrons. The van der Waals surface area contributed by atoms with Crippen LogP contribution in [0.2, 0.25) is 0 Å². The van der Waals surface area contributed by atoms with E-state index in [1.807, 2.05) is 37.3 Å². The van der Waals surface area contributed by atoms with Gasteiger partial charge in [0.15, 0.2) is 6.61 Å². The van der Waals surface area contributed by atoms with Crippen LogP contribution in [0.3, 0.4) is 0 Å². The van der Waals surface area contributed by atoms with Gasteiger partial charge in [-0.25, -0.2) is 0 Å². The van der Waals surface area contributed by atoms with Crippen molar-refractivity contribution in [2.24, 2.45) is 0 Å². The van der Waals surface area contributed by atoms with Gasteiger partial charge in [0.25, 0.3) is 5.91 Å². The number of benzene rings is 2. The highest BCUT2D eigenvalue weighted by atomic mass is 32.2. The number of esters is 1. The zero-order valence-corrected chi connectivity index (χ0v) is 16.8. The molecule has 2 rings (SSSR count). The Balaban J connectivity index is 1.62. The van der Waals surface area contributed by atoms with E-state index in [2.05, 4.69) is 10.6 Å². The highest BCUT2D eigenvalue weighted by Gasteiger charge is 2.10. The van der Waals surface area contributed by atoms with Crippen LogP contribution in [0.15, 0.2) is 48.5 Å². The summed E-state index contributed by atoms with van der Waals surface area (Å²) in [5, 5.41) is 14.0. The molecular formula is C21H21N3O4S. The molecule has 0 spiro atoms. The number of rotatable bonds is 9. The molecule has 2 aromatic rings. The molecule has 0 saturated heterocycles. The zero-order valence-electron chi connectivity index (χ0n) is 15.9. The fourth-order valence-electron chi connectivity index (χ4n) is 2.24. The smallest absolute Gasteiger partial charge is 0.316 e. The van der Waals surface area contributed by atoms with Gasteiger partial charge in [0, 0.05) is 11.4 Å². The average Bonchev–Trinajstić information content (AvgIpc) is 2.70. The van der Waals surface area contributed by atoms with Crippen LogP contribution in [0.4, 0.5) is 11.4 Å². The van der Waals surface area contributed by atoms with E-state index >= 15 is 0 Å². The second kappa shape index (κ2) is 11.5. The molecule has 0 aliphatic rings. The van der Waals surface area contributed by atoms with Crippen LogP contribution in [-0.4, -0.2) is 35.9 Å². The van der Waals surface area contributed by atoms with Gasteiger partial charge >= 0.3 is 5.97 Å². The maximum Gasteiger partial charge on any atom is 0.316 e. The number of ether oxygens (including phenoxy) is 1. The zero-order chi connectivity index (χ0) is 21.1. The molecule has 0 fully saturated rings. The van der Waals surface area contributed by atoms with Crippen molar-refractivity contribution in [2.45, 2.75) is 13.3 Å². The largest absolute Gasteiger partial charge is 0.455 e. The molecule has 7 nitrogen and oxygen atoms in total. The van der Waals surface area contributed by atoms with Gasteiger partial charge in [0.2, 0.25) is 5.91 Å². The van der Waals surface area contributed by atoms with Gasteiger partial charge in [-0.3, -0.25) is 14.4 Å². The maximum absolute atomic E-state index is 11.8. The van der Waals surface area contributed by atoms with Gasteiger partial charge < -0.3 is 15.4 Å². The van der Waals surface area contributed by atoms with Gasteiger partial charge in [0.05, 0.1) is 24.0 Å². The van der Waals surface area contributed by atoms with E-state index in [1.165, 1.54) is 0 Å². The summed E-state index contributed by atoms with van der Waals surface area (Å²) in [4.78, 5) is 35.4. The third-order valence-corrected chi connectivity index (χ3v) is 4.58. The molecule has 0 aliphatic heterocycles. The van der Waals surface area contributed by atoms with E-state index in [9.17, 15) is 14.4 Å². The number of aryl methyl sites for hydroxylation is 1. The van der Waals surface area contributed by atoms with Crippen molar-refractivity contribution in [3.8, 4) is 6.07 Å². The summed E-state index contributed by atoms with van der Waals surface area (Å²) in [6.45, 7) is 1.55. The first-order valence-electron chi connectivity index (χ1n) is 8.82. The van der Waals surface area contributed by atoms with Gasteiger partial charge in [-0.05, 0) is 36.8 Å². The fraction of sp³-hybridized carbons (Fsp3) is 0.238. The first-order chi connectivity index (χ1) is 14.0. The van der Waals surface area contributed by atoms with Crippen molar-refractivity contribution in [1.29, 1.82) is 5.26 Å². The van der Waals surface area contributed by atoms with Crippen molar-refractivity contribution in [2.75, 3.05) is 28.7 Å². The molecule has 2 aromatic carbocycles. The van der Waals surface area contributed by atoms with E-state index in [4.69, 9.17) is 10.00 Å². The topological polar surface area (TPSA) is 108 Å². The highest BCUT2D eigenvalue weighted by Crippen LogP contribution is 2.11. The molecule has 2 N–H and O–H groups in total. The molecule has 0 aliphatic carbocycles. The SMILES string of the molecule is Cc1ccc(NC(=O)CSCC(=O)OCC(=O)Nc2ccc(CC#N)cc2)cc1. The minimum atomic E-state index is -0.572. The summed E-state index contributed by atoms with van der Waals surface area (Å²) in [6.07, 6.45) is 0.298. The molecule has 8 heteroatoms. The number of carbonyl (C=O) groups is 3. The Labute approximate surface area is 173 Å². The lowest BCUT2D eigenvalue weighted by Gasteiger charge is -2.07. The van der Waals surface area contributed by atoms with Crippen molar-refractivity contribution in [3.05, 3.63) is 59.7 Å². The number of anilines is 2. The van der Waals surface area contributed by atoms with Crippen LogP contribution in [0.25, 0.3) is 0 Å². The minimum Gasteiger partial charge on any atom is -0.455 e. The van der Waals surface area contributed by atoms with Crippen LogP contribution >= 0.6 is 11.8 Å². The molecule has 0 radical (unpaired) electrons. The van der Waals surface area contributed by atoms with Crippen molar-refractivity contribution < 1.29 is 19.1 Å². The molecule has 0 bridgehead atoms. The Morgan fingerprint density at radius 1 is 0.931 bits per heavy atom. The highest BCUT2D eigenvalue weighted by molar-refractivity contribution is 8.00.